The molecule has 1 aliphatic rings. The van der Waals surface area contributed by atoms with E-state index in [2.05, 4.69) is 36.4 Å². The van der Waals surface area contributed by atoms with Gasteiger partial charge >= 0.3 is 5.97 Å². The molecule has 3 nitrogen and oxygen atoms in total. The van der Waals surface area contributed by atoms with Gasteiger partial charge in [0.2, 0.25) is 0 Å². The maximum absolute atomic E-state index is 10.7. The zero-order chi connectivity index (χ0) is 13.9. The zero-order valence-corrected chi connectivity index (χ0v) is 11.8. The summed E-state index contributed by atoms with van der Waals surface area (Å²) in [6.07, 6.45) is 2.18. The lowest BCUT2D eigenvalue weighted by Gasteiger charge is -2.08. The van der Waals surface area contributed by atoms with Crippen molar-refractivity contribution in [2.45, 2.75) is 0 Å². The number of nitrogens with zero attached hydrogens (tertiary/aromatic N) is 1. The average molecular weight is 285 g/mol. The third kappa shape index (κ3) is 2.86. The second-order valence-electron chi connectivity index (χ2n) is 4.83. The minimum Gasteiger partial charge on any atom is -0.480 e. The van der Waals surface area contributed by atoms with Crippen LogP contribution in [0.2, 0.25) is 0 Å². The molecule has 2 aromatic carbocycles. The standard InChI is InChI=1S/C16H15NO2S/c18-16(19)10-17-9-14(20-11-17)8-13-6-3-5-12-4-1-2-7-15(12)13/h1-8H,9-11H2,(H,18,19). The average Bonchev–Trinajstić information content (AvgIpc) is 2.86. The quantitative estimate of drug-likeness (QED) is 0.939. The first-order valence-corrected chi connectivity index (χ1v) is 7.46. The van der Waals surface area contributed by atoms with E-state index in [-0.39, 0.29) is 6.54 Å². The molecule has 0 saturated carbocycles. The van der Waals surface area contributed by atoms with E-state index >= 15 is 0 Å². The van der Waals surface area contributed by atoms with Crippen molar-refractivity contribution in [3.05, 3.63) is 52.9 Å². The number of carbonyl (C=O) groups is 1. The molecular formula is C16H15NO2S. The van der Waals surface area contributed by atoms with Crippen molar-refractivity contribution in [2.75, 3.05) is 19.0 Å². The highest BCUT2D eigenvalue weighted by Gasteiger charge is 2.19. The molecule has 1 N–H and O–H groups in total. The number of carboxylic acid groups (broad SMARTS) is 1. The molecule has 102 valence electrons. The summed E-state index contributed by atoms with van der Waals surface area (Å²) in [5.41, 5.74) is 1.20. The molecule has 4 heteroatoms. The predicted molar refractivity (Wildman–Crippen MR) is 83.6 cm³/mol. The Morgan fingerprint density at radius 3 is 2.90 bits per heavy atom. The molecule has 2 aromatic rings. The van der Waals surface area contributed by atoms with E-state index in [1.807, 2.05) is 17.0 Å². The number of hydrogen-bond acceptors (Lipinski definition) is 3. The SMILES string of the molecule is O=C(O)CN1CSC(=Cc2cccc3ccccc23)C1. The molecule has 1 saturated heterocycles. The lowest BCUT2D eigenvalue weighted by atomic mass is 10.0. The third-order valence-electron chi connectivity index (χ3n) is 3.31. The Labute approximate surface area is 121 Å². The van der Waals surface area contributed by atoms with Gasteiger partial charge in [0, 0.05) is 17.3 Å². The Morgan fingerprint density at radius 2 is 2.05 bits per heavy atom. The summed E-state index contributed by atoms with van der Waals surface area (Å²) in [6, 6.07) is 14.6. The number of carboxylic acids is 1. The Bertz CT molecular complexity index is 676. The molecular weight excluding hydrogens is 270 g/mol. The first-order valence-electron chi connectivity index (χ1n) is 6.48. The summed E-state index contributed by atoms with van der Waals surface area (Å²) < 4.78 is 0. The number of hydrogen-bond donors (Lipinski definition) is 1. The van der Waals surface area contributed by atoms with Crippen LogP contribution in [0, 0.1) is 0 Å². The van der Waals surface area contributed by atoms with Gasteiger partial charge in [0.25, 0.3) is 0 Å². The van der Waals surface area contributed by atoms with Gasteiger partial charge in [-0.1, -0.05) is 42.5 Å². The van der Waals surface area contributed by atoms with E-state index in [1.165, 1.54) is 21.2 Å². The fourth-order valence-corrected chi connectivity index (χ4v) is 3.43. The number of benzene rings is 2. The molecule has 0 amide bonds. The Kier molecular flexibility index (Phi) is 3.76. The molecule has 0 bridgehead atoms. The number of fused-ring (bicyclic) bond motifs is 1. The van der Waals surface area contributed by atoms with Crippen LogP contribution in [0.3, 0.4) is 0 Å². The fraction of sp³-hybridized carbons (Fsp3) is 0.188. The highest BCUT2D eigenvalue weighted by Crippen LogP contribution is 2.30. The van der Waals surface area contributed by atoms with Gasteiger partial charge < -0.3 is 5.11 Å². The zero-order valence-electron chi connectivity index (χ0n) is 11.0. The second-order valence-corrected chi connectivity index (χ2v) is 5.90. The van der Waals surface area contributed by atoms with Crippen LogP contribution in [-0.2, 0) is 4.79 Å². The van der Waals surface area contributed by atoms with Crippen LogP contribution < -0.4 is 0 Å². The first-order chi connectivity index (χ1) is 9.72. The van der Waals surface area contributed by atoms with Crippen molar-refractivity contribution in [3.63, 3.8) is 0 Å². The summed E-state index contributed by atoms with van der Waals surface area (Å²) in [6.45, 7) is 0.833. The summed E-state index contributed by atoms with van der Waals surface area (Å²) >= 11 is 1.72. The Morgan fingerprint density at radius 1 is 1.25 bits per heavy atom. The van der Waals surface area contributed by atoms with E-state index in [4.69, 9.17) is 5.11 Å². The lowest BCUT2D eigenvalue weighted by Crippen LogP contribution is -2.26. The molecule has 0 spiro atoms. The maximum Gasteiger partial charge on any atom is 0.317 e. The molecule has 0 atom stereocenters. The summed E-state index contributed by atoms with van der Waals surface area (Å²) in [4.78, 5) is 13.9. The highest BCUT2D eigenvalue weighted by atomic mass is 32.2. The van der Waals surface area contributed by atoms with E-state index in [0.717, 1.165) is 12.4 Å². The molecule has 1 fully saturated rings. The van der Waals surface area contributed by atoms with Gasteiger partial charge in [-0.25, -0.2) is 0 Å². The van der Waals surface area contributed by atoms with E-state index < -0.39 is 5.97 Å². The smallest absolute Gasteiger partial charge is 0.317 e. The fourth-order valence-electron chi connectivity index (χ4n) is 2.42. The van der Waals surface area contributed by atoms with Crippen molar-refractivity contribution in [2.24, 2.45) is 0 Å². The van der Waals surface area contributed by atoms with Crippen molar-refractivity contribution in [3.8, 4) is 0 Å². The molecule has 0 aliphatic carbocycles. The number of thioether (sulfide) groups is 1. The number of aliphatic carboxylic acids is 1. The molecule has 0 radical (unpaired) electrons. The Hall–Kier alpha value is -1.78. The van der Waals surface area contributed by atoms with Crippen molar-refractivity contribution in [1.82, 2.24) is 4.90 Å². The minimum atomic E-state index is -0.767. The lowest BCUT2D eigenvalue weighted by molar-refractivity contribution is -0.137. The highest BCUT2D eigenvalue weighted by molar-refractivity contribution is 8.03. The van der Waals surface area contributed by atoms with Gasteiger partial charge in [-0.15, -0.1) is 11.8 Å². The van der Waals surface area contributed by atoms with Crippen LogP contribution >= 0.6 is 11.8 Å². The first kappa shape index (κ1) is 13.2. The minimum absolute atomic E-state index is 0.111. The topological polar surface area (TPSA) is 40.5 Å². The van der Waals surface area contributed by atoms with Gasteiger partial charge in [0.15, 0.2) is 0 Å². The number of rotatable bonds is 3. The van der Waals surface area contributed by atoms with Gasteiger partial charge in [0.1, 0.15) is 0 Å². The third-order valence-corrected chi connectivity index (χ3v) is 4.42. The monoisotopic (exact) mass is 285 g/mol. The van der Waals surface area contributed by atoms with Gasteiger partial charge in [-0.2, -0.15) is 0 Å². The molecule has 20 heavy (non-hydrogen) atoms. The van der Waals surface area contributed by atoms with E-state index in [1.54, 1.807) is 11.8 Å². The van der Waals surface area contributed by atoms with Crippen LogP contribution in [0.5, 0.6) is 0 Å². The predicted octanol–water partition coefficient (Wildman–Crippen LogP) is 3.27. The summed E-state index contributed by atoms with van der Waals surface area (Å²) in [5, 5.41) is 11.3. The summed E-state index contributed by atoms with van der Waals surface area (Å²) in [7, 11) is 0. The molecule has 1 heterocycles. The van der Waals surface area contributed by atoms with Crippen molar-refractivity contribution >= 4 is 34.6 Å². The van der Waals surface area contributed by atoms with Crippen LogP contribution in [-0.4, -0.2) is 34.9 Å². The largest absolute Gasteiger partial charge is 0.480 e. The normalized spacial score (nSPS) is 17.9. The van der Waals surface area contributed by atoms with Crippen LogP contribution in [0.15, 0.2) is 47.4 Å². The van der Waals surface area contributed by atoms with Crippen LogP contribution in [0.25, 0.3) is 16.8 Å². The van der Waals surface area contributed by atoms with Crippen LogP contribution in [0.4, 0.5) is 0 Å². The Balaban J connectivity index is 1.86. The molecule has 3 rings (SSSR count). The maximum atomic E-state index is 10.7. The van der Waals surface area contributed by atoms with Crippen molar-refractivity contribution in [1.29, 1.82) is 0 Å². The molecule has 1 aliphatic heterocycles. The van der Waals surface area contributed by atoms with Gasteiger partial charge in [0.05, 0.1) is 6.54 Å². The van der Waals surface area contributed by atoms with Crippen molar-refractivity contribution < 1.29 is 9.90 Å². The second kappa shape index (κ2) is 5.69. The molecule has 0 aromatic heterocycles. The van der Waals surface area contributed by atoms with E-state index in [9.17, 15) is 4.79 Å². The molecule has 0 unspecified atom stereocenters. The van der Waals surface area contributed by atoms with Gasteiger partial charge in [-0.3, -0.25) is 9.69 Å². The van der Waals surface area contributed by atoms with Crippen LogP contribution in [0.1, 0.15) is 5.56 Å². The summed E-state index contributed by atoms with van der Waals surface area (Å²) in [5.74, 6) is -0.0138. The van der Waals surface area contributed by atoms with E-state index in [0.29, 0.717) is 0 Å². The van der Waals surface area contributed by atoms with Gasteiger partial charge in [-0.05, 0) is 22.4 Å².